The van der Waals surface area contributed by atoms with Crippen molar-refractivity contribution in [2.45, 2.75) is 6.54 Å². The van der Waals surface area contributed by atoms with Gasteiger partial charge < -0.3 is 14.4 Å². The molecule has 0 unspecified atom stereocenters. The van der Waals surface area contributed by atoms with Gasteiger partial charge in [-0.05, 0) is 30.3 Å². The first-order valence-electron chi connectivity index (χ1n) is 9.43. The van der Waals surface area contributed by atoms with Gasteiger partial charge in [-0.2, -0.15) is 5.10 Å². The summed E-state index contributed by atoms with van der Waals surface area (Å²) in [4.78, 5) is 26.2. The molecule has 7 nitrogen and oxygen atoms in total. The minimum atomic E-state index is -0.310. The molecule has 0 aliphatic rings. The van der Waals surface area contributed by atoms with E-state index >= 15 is 0 Å². The molecule has 0 bridgehead atoms. The van der Waals surface area contributed by atoms with Crippen LogP contribution in [0.25, 0.3) is 0 Å². The van der Waals surface area contributed by atoms with E-state index in [1.807, 2.05) is 42.5 Å². The molecule has 0 spiro atoms. The lowest BCUT2D eigenvalue weighted by Gasteiger charge is -2.18. The molecule has 0 fully saturated rings. The number of halogens is 1. The van der Waals surface area contributed by atoms with Gasteiger partial charge in [0.25, 0.3) is 11.5 Å². The molecule has 2 aromatic carbocycles. The normalized spacial score (nSPS) is 10.5. The molecule has 0 atom stereocenters. The van der Waals surface area contributed by atoms with Crippen molar-refractivity contribution in [3.05, 3.63) is 87.8 Å². The SMILES string of the molecule is CN(CCOc1ccccc1Cl)C(=O)c1ccc(=O)n(CCOc2ccccc2)n1. The summed E-state index contributed by atoms with van der Waals surface area (Å²) < 4.78 is 12.4. The summed E-state index contributed by atoms with van der Waals surface area (Å²) in [6.45, 7) is 1.10. The maximum absolute atomic E-state index is 12.6. The van der Waals surface area contributed by atoms with Crippen molar-refractivity contribution in [3.63, 3.8) is 0 Å². The Morgan fingerprint density at radius 3 is 2.50 bits per heavy atom. The van der Waals surface area contributed by atoms with Gasteiger partial charge in [-0.25, -0.2) is 4.68 Å². The molecule has 0 aliphatic heterocycles. The molecule has 0 saturated heterocycles. The smallest absolute Gasteiger partial charge is 0.274 e. The molecule has 156 valence electrons. The average Bonchev–Trinajstić information content (AvgIpc) is 2.76. The number of hydrogen-bond acceptors (Lipinski definition) is 5. The highest BCUT2D eigenvalue weighted by molar-refractivity contribution is 6.32. The van der Waals surface area contributed by atoms with Gasteiger partial charge in [-0.3, -0.25) is 9.59 Å². The Labute approximate surface area is 179 Å². The monoisotopic (exact) mass is 427 g/mol. The summed E-state index contributed by atoms with van der Waals surface area (Å²) in [6.07, 6.45) is 0. The van der Waals surface area contributed by atoms with Crippen LogP contribution in [0.4, 0.5) is 0 Å². The molecule has 0 saturated carbocycles. The number of nitrogens with zero attached hydrogens (tertiary/aromatic N) is 3. The van der Waals surface area contributed by atoms with Gasteiger partial charge in [0.2, 0.25) is 0 Å². The van der Waals surface area contributed by atoms with Crippen molar-refractivity contribution in [1.29, 1.82) is 0 Å². The molecule has 30 heavy (non-hydrogen) atoms. The zero-order chi connectivity index (χ0) is 21.3. The minimum absolute atomic E-state index is 0.176. The largest absolute Gasteiger partial charge is 0.492 e. The molecule has 3 aromatic rings. The molecule has 1 heterocycles. The van der Waals surface area contributed by atoms with E-state index in [0.717, 1.165) is 0 Å². The van der Waals surface area contributed by atoms with E-state index in [1.165, 1.54) is 21.7 Å². The first kappa shape index (κ1) is 21.4. The summed E-state index contributed by atoms with van der Waals surface area (Å²) in [5.41, 5.74) is -0.123. The second-order valence-electron chi connectivity index (χ2n) is 6.45. The van der Waals surface area contributed by atoms with Crippen molar-refractivity contribution in [3.8, 4) is 11.5 Å². The highest BCUT2D eigenvalue weighted by Gasteiger charge is 2.15. The number of amides is 1. The minimum Gasteiger partial charge on any atom is -0.492 e. The van der Waals surface area contributed by atoms with Gasteiger partial charge in [0.15, 0.2) is 0 Å². The Balaban J connectivity index is 1.55. The average molecular weight is 428 g/mol. The number of rotatable bonds is 9. The lowest BCUT2D eigenvalue weighted by Crippen LogP contribution is -2.34. The topological polar surface area (TPSA) is 73.7 Å². The fraction of sp³-hybridized carbons (Fsp3) is 0.227. The summed E-state index contributed by atoms with van der Waals surface area (Å²) in [6, 6.07) is 19.2. The second kappa shape index (κ2) is 10.5. The highest BCUT2D eigenvalue weighted by atomic mass is 35.5. The first-order chi connectivity index (χ1) is 14.5. The molecule has 1 aromatic heterocycles. The van der Waals surface area contributed by atoms with Crippen molar-refractivity contribution in [1.82, 2.24) is 14.7 Å². The fourth-order valence-corrected chi connectivity index (χ4v) is 2.83. The number of carbonyl (C=O) groups excluding carboxylic acids is 1. The molecule has 8 heteroatoms. The molecule has 0 radical (unpaired) electrons. The third-order valence-electron chi connectivity index (χ3n) is 4.27. The van der Waals surface area contributed by atoms with Crippen LogP contribution < -0.4 is 15.0 Å². The number of carbonyl (C=O) groups is 1. The summed E-state index contributed by atoms with van der Waals surface area (Å²) in [5, 5.41) is 4.69. The lowest BCUT2D eigenvalue weighted by molar-refractivity contribution is 0.0764. The summed E-state index contributed by atoms with van der Waals surface area (Å²) in [7, 11) is 1.65. The van der Waals surface area contributed by atoms with Crippen LogP contribution in [0.5, 0.6) is 11.5 Å². The lowest BCUT2D eigenvalue weighted by atomic mass is 10.3. The molecule has 0 aliphatic carbocycles. The molecule has 1 amide bonds. The van der Waals surface area contributed by atoms with Gasteiger partial charge in [0, 0.05) is 13.1 Å². The van der Waals surface area contributed by atoms with Gasteiger partial charge >= 0.3 is 0 Å². The Morgan fingerprint density at radius 1 is 1.00 bits per heavy atom. The molecular formula is C22H22ClN3O4. The fourth-order valence-electron chi connectivity index (χ4n) is 2.64. The van der Waals surface area contributed by atoms with Crippen LogP contribution in [0.3, 0.4) is 0 Å². The van der Waals surface area contributed by atoms with E-state index in [9.17, 15) is 9.59 Å². The number of benzene rings is 2. The van der Waals surface area contributed by atoms with Crippen molar-refractivity contribution in [2.24, 2.45) is 0 Å². The van der Waals surface area contributed by atoms with Crippen LogP contribution >= 0.6 is 11.6 Å². The number of para-hydroxylation sites is 2. The number of aromatic nitrogens is 2. The van der Waals surface area contributed by atoms with E-state index < -0.39 is 0 Å². The van der Waals surface area contributed by atoms with Crippen LogP contribution in [-0.2, 0) is 6.54 Å². The number of hydrogen-bond donors (Lipinski definition) is 0. The van der Waals surface area contributed by atoms with Crippen molar-refractivity contribution >= 4 is 17.5 Å². The summed E-state index contributed by atoms with van der Waals surface area (Å²) in [5.74, 6) is 0.955. The predicted molar refractivity (Wildman–Crippen MR) is 114 cm³/mol. The maximum Gasteiger partial charge on any atom is 0.274 e. The quantitative estimate of drug-likeness (QED) is 0.524. The van der Waals surface area contributed by atoms with E-state index in [2.05, 4.69) is 5.10 Å². The van der Waals surface area contributed by atoms with E-state index in [4.69, 9.17) is 21.1 Å². The highest BCUT2D eigenvalue weighted by Crippen LogP contribution is 2.22. The van der Waals surface area contributed by atoms with Crippen LogP contribution in [0.15, 0.2) is 71.5 Å². The molecule has 0 N–H and O–H groups in total. The van der Waals surface area contributed by atoms with Crippen LogP contribution in [-0.4, -0.2) is 47.4 Å². The van der Waals surface area contributed by atoms with Crippen LogP contribution in [0, 0.1) is 0 Å². The third-order valence-corrected chi connectivity index (χ3v) is 4.58. The Hall–Kier alpha value is -3.32. The van der Waals surface area contributed by atoms with Gasteiger partial charge in [0.1, 0.15) is 30.4 Å². The van der Waals surface area contributed by atoms with Crippen molar-refractivity contribution < 1.29 is 14.3 Å². The van der Waals surface area contributed by atoms with E-state index in [1.54, 1.807) is 19.2 Å². The number of ether oxygens (including phenoxy) is 2. The standard InChI is InChI=1S/C22H22ClN3O4/c1-25(13-15-30-20-10-6-5-9-18(20)23)22(28)19-11-12-21(27)26(24-19)14-16-29-17-7-3-2-4-8-17/h2-12H,13-16H2,1H3. The molecule has 3 rings (SSSR count). The zero-order valence-corrected chi connectivity index (χ0v) is 17.3. The van der Waals surface area contributed by atoms with Crippen molar-refractivity contribution in [2.75, 3.05) is 26.8 Å². The van der Waals surface area contributed by atoms with Gasteiger partial charge in [0.05, 0.1) is 18.1 Å². The van der Waals surface area contributed by atoms with Crippen LogP contribution in [0.2, 0.25) is 5.02 Å². The zero-order valence-electron chi connectivity index (χ0n) is 16.5. The van der Waals surface area contributed by atoms with Gasteiger partial charge in [-0.15, -0.1) is 0 Å². The van der Waals surface area contributed by atoms with Gasteiger partial charge in [-0.1, -0.05) is 41.9 Å². The summed E-state index contributed by atoms with van der Waals surface area (Å²) >= 11 is 6.05. The molecular weight excluding hydrogens is 406 g/mol. The van der Waals surface area contributed by atoms with E-state index in [-0.39, 0.29) is 36.9 Å². The predicted octanol–water partition coefficient (Wildman–Crippen LogP) is 3.13. The van der Waals surface area contributed by atoms with Crippen LogP contribution in [0.1, 0.15) is 10.5 Å². The Bertz CT molecular complexity index is 1040. The second-order valence-corrected chi connectivity index (χ2v) is 6.85. The Morgan fingerprint density at radius 2 is 1.73 bits per heavy atom. The number of likely N-dealkylation sites (N-methyl/N-ethyl adjacent to an activating group) is 1. The van der Waals surface area contributed by atoms with E-state index in [0.29, 0.717) is 23.1 Å². The Kier molecular flexibility index (Phi) is 7.45. The third kappa shape index (κ3) is 5.84. The first-order valence-corrected chi connectivity index (χ1v) is 9.81. The maximum atomic E-state index is 12.6.